The molecule has 0 aliphatic carbocycles. The monoisotopic (exact) mass is 883 g/mol. The Morgan fingerprint density at radius 2 is 0.700 bits per heavy atom. The Morgan fingerprint density at radius 3 is 1.12 bits per heavy atom. The zero-order valence-electron chi connectivity index (χ0n) is 36.7. The number of rotatable bonds is 27. The van der Waals surface area contributed by atoms with E-state index in [1.807, 2.05) is 35.3 Å². The molecule has 3 fully saturated rings. The lowest BCUT2D eigenvalue weighted by atomic mass is 10.2. The second kappa shape index (κ2) is 36.8. The van der Waals surface area contributed by atoms with E-state index in [0.29, 0.717) is 0 Å². The maximum Gasteiger partial charge on any atom is 0.0594 e. The summed E-state index contributed by atoms with van der Waals surface area (Å²) in [4.78, 5) is 7.44. The van der Waals surface area contributed by atoms with Crippen LogP contribution in [0.5, 0.6) is 0 Å². The van der Waals surface area contributed by atoms with Crippen LogP contribution in [0.15, 0.2) is 91.0 Å². The lowest BCUT2D eigenvalue weighted by molar-refractivity contribution is 0.0374. The zero-order valence-corrected chi connectivity index (χ0v) is 39.1. The number of morpholine rings is 3. The van der Waals surface area contributed by atoms with E-state index in [2.05, 4.69) is 122 Å². The van der Waals surface area contributed by atoms with E-state index in [4.69, 9.17) is 14.2 Å². The summed E-state index contributed by atoms with van der Waals surface area (Å²) in [6, 6.07) is 32.1. The summed E-state index contributed by atoms with van der Waals surface area (Å²) in [5.74, 6) is 7.04. The van der Waals surface area contributed by atoms with Gasteiger partial charge in [0.2, 0.25) is 0 Å². The van der Waals surface area contributed by atoms with Crippen LogP contribution < -0.4 is 16.0 Å². The zero-order chi connectivity index (χ0) is 41.6. The Labute approximate surface area is 377 Å². The van der Waals surface area contributed by atoms with Crippen molar-refractivity contribution in [1.29, 1.82) is 0 Å². The Hall–Kier alpha value is -1.65. The molecule has 0 saturated carbocycles. The molecule has 336 valence electrons. The summed E-state index contributed by atoms with van der Waals surface area (Å²) in [5, 5.41) is 10.6. The average Bonchev–Trinajstić information content (AvgIpc) is 3.31. The fraction of sp³-hybridized carbons (Fsp3) is 0.625. The smallest absolute Gasteiger partial charge is 0.0594 e. The van der Waals surface area contributed by atoms with E-state index in [1.54, 1.807) is 0 Å². The fourth-order valence-corrected chi connectivity index (χ4v) is 9.49. The van der Waals surface area contributed by atoms with Crippen LogP contribution in [0.1, 0.15) is 36.0 Å². The van der Waals surface area contributed by atoms with Crippen LogP contribution in [-0.4, -0.2) is 170 Å². The lowest BCUT2D eigenvalue weighted by Gasteiger charge is -2.26. The second-order valence-corrected chi connectivity index (χ2v) is 18.6. The van der Waals surface area contributed by atoms with Crippen molar-refractivity contribution in [3.63, 3.8) is 0 Å². The molecule has 3 aliphatic heterocycles. The Kier molecular flexibility index (Phi) is 31.3. The molecule has 0 radical (unpaired) electrons. The molecule has 0 spiro atoms. The molecule has 3 heterocycles. The molecular weight excluding hydrogens is 805 g/mol. The predicted octanol–water partition coefficient (Wildman–Crippen LogP) is 6.70. The average molecular weight is 883 g/mol. The van der Waals surface area contributed by atoms with Crippen LogP contribution in [0, 0.1) is 0 Å². The highest BCUT2D eigenvalue weighted by molar-refractivity contribution is 7.98. The first-order chi connectivity index (χ1) is 29.8. The molecule has 3 saturated heterocycles. The summed E-state index contributed by atoms with van der Waals surface area (Å²) in [6.07, 6.45) is 3.76. The van der Waals surface area contributed by atoms with Crippen molar-refractivity contribution in [3.05, 3.63) is 108 Å². The van der Waals surface area contributed by atoms with Crippen LogP contribution in [0.4, 0.5) is 0 Å². The summed E-state index contributed by atoms with van der Waals surface area (Å²) >= 11 is 6.05. The minimum atomic E-state index is 0.896. The van der Waals surface area contributed by atoms with Crippen molar-refractivity contribution in [2.45, 2.75) is 36.5 Å². The molecule has 9 nitrogen and oxygen atoms in total. The molecule has 3 N–H and O–H groups in total. The topological polar surface area (TPSA) is 73.5 Å². The maximum atomic E-state index is 5.35. The lowest BCUT2D eigenvalue weighted by Crippen LogP contribution is -2.40. The van der Waals surface area contributed by atoms with Gasteiger partial charge in [0.15, 0.2) is 0 Å². The van der Waals surface area contributed by atoms with Gasteiger partial charge < -0.3 is 30.2 Å². The number of thioether (sulfide) groups is 3. The number of nitrogens with one attached hydrogen (secondary N) is 3. The minimum Gasteiger partial charge on any atom is -0.379 e. The van der Waals surface area contributed by atoms with Gasteiger partial charge in [-0.25, -0.2) is 0 Å². The first-order valence-corrected chi connectivity index (χ1v) is 26.2. The van der Waals surface area contributed by atoms with Gasteiger partial charge in [-0.1, -0.05) is 91.0 Å². The highest BCUT2D eigenvalue weighted by atomic mass is 32.2. The second-order valence-electron chi connectivity index (χ2n) is 15.3. The van der Waals surface area contributed by atoms with Crippen LogP contribution in [0.3, 0.4) is 0 Å². The molecule has 3 aromatic carbocycles. The minimum absolute atomic E-state index is 0.896. The van der Waals surface area contributed by atoms with E-state index in [9.17, 15) is 0 Å². The third kappa shape index (κ3) is 27.4. The molecule has 0 aromatic heterocycles. The van der Waals surface area contributed by atoms with Crippen LogP contribution in [0.25, 0.3) is 0 Å². The Balaban J connectivity index is 0.000000199. The van der Waals surface area contributed by atoms with Gasteiger partial charge in [0, 0.05) is 95.0 Å². The van der Waals surface area contributed by atoms with E-state index < -0.39 is 0 Å². The largest absolute Gasteiger partial charge is 0.379 e. The number of ether oxygens (including phenoxy) is 3. The van der Waals surface area contributed by atoms with Crippen molar-refractivity contribution in [2.75, 3.05) is 155 Å². The van der Waals surface area contributed by atoms with Crippen molar-refractivity contribution >= 4 is 35.3 Å². The molecule has 60 heavy (non-hydrogen) atoms. The van der Waals surface area contributed by atoms with E-state index in [1.165, 1.54) is 59.8 Å². The van der Waals surface area contributed by atoms with Gasteiger partial charge in [0.05, 0.1) is 39.6 Å². The Morgan fingerprint density at radius 1 is 0.367 bits per heavy atom. The third-order valence-electron chi connectivity index (χ3n) is 10.4. The fourth-order valence-electron chi connectivity index (χ4n) is 6.79. The van der Waals surface area contributed by atoms with E-state index >= 15 is 0 Å². The number of hydrogen-bond acceptors (Lipinski definition) is 12. The van der Waals surface area contributed by atoms with Crippen LogP contribution in [-0.2, 0) is 31.5 Å². The standard InChI is InChI=1S/C17H28N2OS.C16H26N2OS.C15H24N2OS/c1-2-6-17(7-3-1)16-21-15-5-9-18-8-4-10-19-11-13-20-14-12-19;1-2-5-16(6-3-1)15-20-14-4-7-17-8-9-18-10-12-19-13-11-18;1-2-4-15(5-3-1)14-19-13-7-16-6-8-17-9-11-18-12-10-17/h1-3,6-7,18H,4-5,8-16H2;1-3,5-6,17H,4,7-15H2;1-5,16H,6-14H2. The first kappa shape index (κ1) is 51.0. The molecule has 12 heteroatoms. The van der Waals surface area contributed by atoms with Gasteiger partial charge >= 0.3 is 0 Å². The highest BCUT2D eigenvalue weighted by Crippen LogP contribution is 2.14. The van der Waals surface area contributed by atoms with Gasteiger partial charge in [0.1, 0.15) is 0 Å². The van der Waals surface area contributed by atoms with Crippen molar-refractivity contribution in [3.8, 4) is 0 Å². The normalized spacial score (nSPS) is 16.4. The van der Waals surface area contributed by atoms with Crippen LogP contribution >= 0.6 is 35.3 Å². The summed E-state index contributed by atoms with van der Waals surface area (Å²) in [7, 11) is 0. The Bertz CT molecular complexity index is 1360. The van der Waals surface area contributed by atoms with Crippen LogP contribution in [0.2, 0.25) is 0 Å². The summed E-state index contributed by atoms with van der Waals surface area (Å²) < 4.78 is 16.0. The molecule has 3 aromatic rings. The van der Waals surface area contributed by atoms with Crippen molar-refractivity contribution in [2.24, 2.45) is 0 Å². The summed E-state index contributed by atoms with van der Waals surface area (Å²) in [5.41, 5.74) is 4.28. The number of benzene rings is 3. The van der Waals surface area contributed by atoms with Crippen molar-refractivity contribution in [1.82, 2.24) is 30.7 Å². The molecule has 0 amide bonds. The SMILES string of the molecule is c1ccc(CSCCCNCCCN2CCOCC2)cc1.c1ccc(CSCCCNCCN2CCOCC2)cc1.c1ccc(CSCCNCCN2CCOCC2)cc1. The first-order valence-electron chi connectivity index (χ1n) is 22.7. The number of nitrogens with zero attached hydrogens (tertiary/aromatic N) is 3. The van der Waals surface area contributed by atoms with E-state index in [0.717, 1.165) is 149 Å². The molecule has 0 atom stereocenters. The van der Waals surface area contributed by atoms with Gasteiger partial charge in [-0.2, -0.15) is 35.3 Å². The van der Waals surface area contributed by atoms with Gasteiger partial charge in [0.25, 0.3) is 0 Å². The predicted molar refractivity (Wildman–Crippen MR) is 262 cm³/mol. The molecule has 6 rings (SSSR count). The van der Waals surface area contributed by atoms with Gasteiger partial charge in [-0.3, -0.25) is 14.7 Å². The van der Waals surface area contributed by atoms with Gasteiger partial charge in [-0.05, 0) is 73.6 Å². The molecule has 3 aliphatic rings. The van der Waals surface area contributed by atoms with Gasteiger partial charge in [-0.15, -0.1) is 0 Å². The molecule has 0 bridgehead atoms. The summed E-state index contributed by atoms with van der Waals surface area (Å²) in [6.45, 7) is 22.2. The third-order valence-corrected chi connectivity index (χ3v) is 13.7. The number of hydrogen-bond donors (Lipinski definition) is 3. The quantitative estimate of drug-likeness (QED) is 0.0715. The van der Waals surface area contributed by atoms with Crippen molar-refractivity contribution < 1.29 is 14.2 Å². The molecular formula is C48H78N6O3S3. The van der Waals surface area contributed by atoms with E-state index in [-0.39, 0.29) is 0 Å². The molecule has 0 unspecified atom stereocenters. The maximum absolute atomic E-state index is 5.35. The highest BCUT2D eigenvalue weighted by Gasteiger charge is 2.11.